The average Bonchev–Trinajstić information content (AvgIpc) is 2.47. The minimum atomic E-state index is -0.0600. The molecular weight excluding hydrogens is 264 g/mol. The predicted molar refractivity (Wildman–Crippen MR) is 85.8 cm³/mol. The van der Waals surface area contributed by atoms with Gasteiger partial charge in [-0.3, -0.25) is 4.79 Å². The van der Waals surface area contributed by atoms with Crippen LogP contribution in [0.25, 0.3) is 0 Å². The van der Waals surface area contributed by atoms with Gasteiger partial charge in [-0.25, -0.2) is 0 Å². The van der Waals surface area contributed by atoms with Crippen molar-refractivity contribution >= 4 is 17.3 Å². The molecule has 2 N–H and O–H groups in total. The molecule has 0 heterocycles. The molecule has 2 rings (SSSR count). The van der Waals surface area contributed by atoms with Crippen LogP contribution in [-0.4, -0.2) is 13.0 Å². The van der Waals surface area contributed by atoms with E-state index in [-0.39, 0.29) is 5.91 Å². The monoisotopic (exact) mass is 284 g/mol. The number of aryl methyl sites for hydroxylation is 1. The number of benzene rings is 2. The Morgan fingerprint density at radius 2 is 2.00 bits per heavy atom. The van der Waals surface area contributed by atoms with Crippen molar-refractivity contribution in [3.8, 4) is 5.75 Å². The third-order valence-electron chi connectivity index (χ3n) is 3.17. The summed E-state index contributed by atoms with van der Waals surface area (Å²) in [7, 11) is 1.66. The maximum absolute atomic E-state index is 11.1. The quantitative estimate of drug-likeness (QED) is 0.882. The van der Waals surface area contributed by atoms with E-state index >= 15 is 0 Å². The van der Waals surface area contributed by atoms with Gasteiger partial charge >= 0.3 is 0 Å². The van der Waals surface area contributed by atoms with Gasteiger partial charge in [0.05, 0.1) is 7.11 Å². The molecule has 0 saturated carbocycles. The Kier molecular flexibility index (Phi) is 4.82. The first-order chi connectivity index (χ1) is 10.1. The van der Waals surface area contributed by atoms with Crippen LogP contribution in [0.15, 0.2) is 42.5 Å². The molecule has 2 aromatic rings. The fourth-order valence-electron chi connectivity index (χ4n) is 2.09. The first-order valence-electron chi connectivity index (χ1n) is 6.83. The van der Waals surface area contributed by atoms with Crippen LogP contribution in [0.2, 0.25) is 0 Å². The largest absolute Gasteiger partial charge is 0.497 e. The van der Waals surface area contributed by atoms with Crippen molar-refractivity contribution in [3.63, 3.8) is 0 Å². The van der Waals surface area contributed by atoms with Crippen molar-refractivity contribution in [1.29, 1.82) is 0 Å². The Morgan fingerprint density at radius 1 is 1.19 bits per heavy atom. The zero-order valence-corrected chi connectivity index (χ0v) is 12.6. The molecule has 1 amide bonds. The van der Waals surface area contributed by atoms with Crippen LogP contribution in [0.5, 0.6) is 5.75 Å². The Bertz CT molecular complexity index is 638. The van der Waals surface area contributed by atoms with Gasteiger partial charge in [0.25, 0.3) is 0 Å². The fourth-order valence-corrected chi connectivity index (χ4v) is 2.09. The lowest BCUT2D eigenvalue weighted by Crippen LogP contribution is -2.07. The smallest absolute Gasteiger partial charge is 0.221 e. The highest BCUT2D eigenvalue weighted by atomic mass is 16.5. The number of hydrogen-bond donors (Lipinski definition) is 2. The Labute approximate surface area is 125 Å². The summed E-state index contributed by atoms with van der Waals surface area (Å²) in [6.45, 7) is 4.20. The normalized spacial score (nSPS) is 10.0. The first-order valence-corrected chi connectivity index (χ1v) is 6.83. The Hall–Kier alpha value is -2.49. The summed E-state index contributed by atoms with van der Waals surface area (Å²) >= 11 is 0. The number of carbonyl (C=O) groups excluding carboxylic acids is 1. The lowest BCUT2D eigenvalue weighted by atomic mass is 10.1. The van der Waals surface area contributed by atoms with Gasteiger partial charge < -0.3 is 15.4 Å². The van der Waals surface area contributed by atoms with Crippen molar-refractivity contribution in [2.75, 3.05) is 17.7 Å². The van der Waals surface area contributed by atoms with E-state index < -0.39 is 0 Å². The fraction of sp³-hybridized carbons (Fsp3) is 0.235. The lowest BCUT2D eigenvalue weighted by molar-refractivity contribution is -0.114. The molecular formula is C17H20N2O2. The second-order valence-electron chi connectivity index (χ2n) is 4.92. The van der Waals surface area contributed by atoms with Crippen LogP contribution in [0.1, 0.15) is 18.1 Å². The molecule has 0 fully saturated rings. The Morgan fingerprint density at radius 3 is 2.67 bits per heavy atom. The van der Waals surface area contributed by atoms with E-state index in [4.69, 9.17) is 4.74 Å². The molecule has 0 atom stereocenters. The van der Waals surface area contributed by atoms with Gasteiger partial charge in [-0.15, -0.1) is 0 Å². The molecule has 0 spiro atoms. The number of rotatable bonds is 5. The van der Waals surface area contributed by atoms with Gasteiger partial charge in [-0.05, 0) is 48.4 Å². The molecule has 2 aromatic carbocycles. The number of methoxy groups -OCH3 is 1. The van der Waals surface area contributed by atoms with E-state index in [1.54, 1.807) is 7.11 Å². The molecule has 0 aliphatic carbocycles. The first kappa shape index (κ1) is 14.9. The van der Waals surface area contributed by atoms with Crippen molar-refractivity contribution < 1.29 is 9.53 Å². The zero-order valence-electron chi connectivity index (χ0n) is 12.6. The number of nitrogens with one attached hydrogen (secondary N) is 2. The third-order valence-corrected chi connectivity index (χ3v) is 3.17. The van der Waals surface area contributed by atoms with Gasteiger partial charge in [0.15, 0.2) is 0 Å². The molecule has 0 aliphatic rings. The molecule has 4 heteroatoms. The van der Waals surface area contributed by atoms with Crippen molar-refractivity contribution in [3.05, 3.63) is 53.6 Å². The summed E-state index contributed by atoms with van der Waals surface area (Å²) in [5.74, 6) is 0.793. The number of carbonyl (C=O) groups is 1. The maximum atomic E-state index is 11.1. The average molecular weight is 284 g/mol. The van der Waals surface area contributed by atoms with E-state index in [1.807, 2.05) is 49.4 Å². The van der Waals surface area contributed by atoms with Gasteiger partial charge in [0, 0.05) is 24.8 Å². The van der Waals surface area contributed by atoms with Gasteiger partial charge in [-0.1, -0.05) is 12.1 Å². The van der Waals surface area contributed by atoms with E-state index in [0.29, 0.717) is 0 Å². The van der Waals surface area contributed by atoms with Gasteiger partial charge in [0.1, 0.15) is 5.75 Å². The second kappa shape index (κ2) is 6.79. The van der Waals surface area contributed by atoms with Crippen LogP contribution in [0.4, 0.5) is 11.4 Å². The molecule has 110 valence electrons. The van der Waals surface area contributed by atoms with Gasteiger partial charge in [-0.2, -0.15) is 0 Å². The molecule has 0 radical (unpaired) electrons. The van der Waals surface area contributed by atoms with Crippen molar-refractivity contribution in [2.24, 2.45) is 0 Å². The van der Waals surface area contributed by atoms with E-state index in [2.05, 4.69) is 10.6 Å². The summed E-state index contributed by atoms with van der Waals surface area (Å²) in [6, 6.07) is 13.8. The van der Waals surface area contributed by atoms with Crippen molar-refractivity contribution in [2.45, 2.75) is 20.4 Å². The molecule has 0 bridgehead atoms. The standard InChI is InChI=1S/C17H20N2O2/c1-12-9-15(7-8-17(12)19-13(2)20)18-11-14-5-4-6-16(10-14)21-3/h4-10,18H,11H2,1-3H3,(H,19,20). The highest BCUT2D eigenvalue weighted by Gasteiger charge is 2.02. The molecule has 4 nitrogen and oxygen atoms in total. The predicted octanol–water partition coefficient (Wildman–Crippen LogP) is 3.57. The topological polar surface area (TPSA) is 50.4 Å². The van der Waals surface area contributed by atoms with Crippen LogP contribution in [0.3, 0.4) is 0 Å². The molecule has 0 saturated heterocycles. The highest BCUT2D eigenvalue weighted by molar-refractivity contribution is 5.89. The summed E-state index contributed by atoms with van der Waals surface area (Å²) in [5, 5.41) is 6.17. The highest BCUT2D eigenvalue weighted by Crippen LogP contribution is 2.21. The van der Waals surface area contributed by atoms with Crippen LogP contribution >= 0.6 is 0 Å². The van der Waals surface area contributed by atoms with E-state index in [9.17, 15) is 4.79 Å². The van der Waals surface area contributed by atoms with E-state index in [0.717, 1.165) is 34.8 Å². The van der Waals surface area contributed by atoms with Crippen LogP contribution in [-0.2, 0) is 11.3 Å². The number of hydrogen-bond acceptors (Lipinski definition) is 3. The second-order valence-corrected chi connectivity index (χ2v) is 4.92. The summed E-state index contributed by atoms with van der Waals surface area (Å²) in [5.41, 5.74) is 4.04. The number of ether oxygens (including phenoxy) is 1. The zero-order chi connectivity index (χ0) is 15.2. The third kappa shape index (κ3) is 4.24. The number of anilines is 2. The van der Waals surface area contributed by atoms with Gasteiger partial charge in [0.2, 0.25) is 5.91 Å². The van der Waals surface area contributed by atoms with Crippen molar-refractivity contribution in [1.82, 2.24) is 0 Å². The number of amides is 1. The van der Waals surface area contributed by atoms with Crippen LogP contribution in [0, 0.1) is 6.92 Å². The molecule has 0 aliphatic heterocycles. The Balaban J connectivity index is 2.03. The molecule has 21 heavy (non-hydrogen) atoms. The summed E-state index contributed by atoms with van der Waals surface area (Å²) < 4.78 is 5.21. The minimum absolute atomic E-state index is 0.0600. The summed E-state index contributed by atoms with van der Waals surface area (Å²) in [6.07, 6.45) is 0. The maximum Gasteiger partial charge on any atom is 0.221 e. The SMILES string of the molecule is COc1cccc(CNc2ccc(NC(C)=O)c(C)c2)c1. The minimum Gasteiger partial charge on any atom is -0.497 e. The molecule has 0 aromatic heterocycles. The van der Waals surface area contributed by atoms with Crippen LogP contribution < -0.4 is 15.4 Å². The van der Waals surface area contributed by atoms with E-state index in [1.165, 1.54) is 6.92 Å². The summed E-state index contributed by atoms with van der Waals surface area (Å²) in [4.78, 5) is 11.1. The lowest BCUT2D eigenvalue weighted by Gasteiger charge is -2.11. The molecule has 0 unspecified atom stereocenters.